The van der Waals surface area contributed by atoms with Crippen molar-refractivity contribution >= 4 is 39.5 Å². The molecule has 184 valence electrons. The number of carbonyl (C=O) groups excluding carboxylic acids is 3. The largest absolute Gasteiger partial charge is 0.497 e. The van der Waals surface area contributed by atoms with E-state index in [0.717, 1.165) is 44.2 Å². The van der Waals surface area contributed by atoms with Crippen molar-refractivity contribution < 1.29 is 19.1 Å². The molecule has 0 saturated carbocycles. The van der Waals surface area contributed by atoms with E-state index in [2.05, 4.69) is 11.1 Å². The Labute approximate surface area is 208 Å². The van der Waals surface area contributed by atoms with Crippen LogP contribution >= 0.6 is 0 Å². The number of nitrogens with one attached hydrogen (secondary N) is 1. The van der Waals surface area contributed by atoms with Gasteiger partial charge in [0.25, 0.3) is 5.91 Å². The van der Waals surface area contributed by atoms with Crippen molar-refractivity contribution in [1.82, 2.24) is 14.8 Å². The molecule has 1 saturated heterocycles. The monoisotopic (exact) mass is 484 g/mol. The maximum atomic E-state index is 13.3. The number of H-pyrrole nitrogens is 1. The average Bonchev–Trinajstić information content (AvgIpc) is 3.26. The van der Waals surface area contributed by atoms with Gasteiger partial charge in [-0.1, -0.05) is 12.1 Å². The minimum absolute atomic E-state index is 0.0286. The molecule has 2 heterocycles. The van der Waals surface area contributed by atoms with E-state index in [1.165, 1.54) is 0 Å². The van der Waals surface area contributed by atoms with E-state index in [9.17, 15) is 14.4 Å². The van der Waals surface area contributed by atoms with E-state index in [1.807, 2.05) is 48.5 Å². The lowest BCUT2D eigenvalue weighted by atomic mass is 9.97. The van der Waals surface area contributed by atoms with Crippen LogP contribution in [0.15, 0.2) is 54.6 Å². The van der Waals surface area contributed by atoms with Crippen molar-refractivity contribution in [1.29, 1.82) is 0 Å². The topological polar surface area (TPSA) is 109 Å². The molecule has 8 nitrogen and oxygen atoms in total. The van der Waals surface area contributed by atoms with Crippen molar-refractivity contribution in [2.75, 3.05) is 33.3 Å². The standard InChI is InChI=1S/C28H28N4O4/c1-17(33)31-8-10-32(11-9-31)28(35)19-6-7-25-23(14-19)24-15-20(18-4-3-5-22(13-18)36-2)12-21(16-26(29)34)27(24)30-25/h3-7,12-15,30H,8-11,16H2,1-2H3,(H2,29,34). The van der Waals surface area contributed by atoms with Crippen LogP contribution in [0.4, 0.5) is 0 Å². The summed E-state index contributed by atoms with van der Waals surface area (Å²) in [5, 5.41) is 1.81. The van der Waals surface area contributed by atoms with E-state index in [4.69, 9.17) is 10.5 Å². The molecule has 4 aromatic rings. The van der Waals surface area contributed by atoms with Crippen molar-refractivity contribution in [2.45, 2.75) is 13.3 Å². The maximum absolute atomic E-state index is 13.3. The summed E-state index contributed by atoms with van der Waals surface area (Å²) in [5.41, 5.74) is 10.5. The molecule has 0 aliphatic carbocycles. The van der Waals surface area contributed by atoms with Crippen LogP contribution in [0.25, 0.3) is 32.9 Å². The normalized spacial score (nSPS) is 13.8. The average molecular weight is 485 g/mol. The summed E-state index contributed by atoms with van der Waals surface area (Å²) >= 11 is 0. The molecule has 0 spiro atoms. The van der Waals surface area contributed by atoms with Gasteiger partial charge < -0.3 is 25.3 Å². The second kappa shape index (κ2) is 9.37. The Morgan fingerprint density at radius 2 is 1.67 bits per heavy atom. The second-order valence-electron chi connectivity index (χ2n) is 9.12. The van der Waals surface area contributed by atoms with E-state index >= 15 is 0 Å². The molecule has 1 aromatic heterocycles. The van der Waals surface area contributed by atoms with Gasteiger partial charge in [-0.3, -0.25) is 14.4 Å². The number of nitrogens with zero attached hydrogens (tertiary/aromatic N) is 2. The van der Waals surface area contributed by atoms with Crippen LogP contribution < -0.4 is 10.5 Å². The van der Waals surface area contributed by atoms with Crippen LogP contribution in [0.5, 0.6) is 5.75 Å². The predicted molar refractivity (Wildman–Crippen MR) is 139 cm³/mol. The molecule has 3 aromatic carbocycles. The van der Waals surface area contributed by atoms with Gasteiger partial charge in [0.05, 0.1) is 19.0 Å². The zero-order chi connectivity index (χ0) is 25.4. The number of benzene rings is 3. The molecule has 1 aliphatic rings. The van der Waals surface area contributed by atoms with Gasteiger partial charge >= 0.3 is 0 Å². The van der Waals surface area contributed by atoms with E-state index in [-0.39, 0.29) is 18.2 Å². The minimum Gasteiger partial charge on any atom is -0.497 e. The molecule has 3 N–H and O–H groups in total. The third-order valence-corrected chi connectivity index (χ3v) is 6.82. The van der Waals surface area contributed by atoms with E-state index in [0.29, 0.717) is 31.7 Å². The summed E-state index contributed by atoms with van der Waals surface area (Å²) in [6, 6.07) is 17.4. The summed E-state index contributed by atoms with van der Waals surface area (Å²) in [6.45, 7) is 3.64. The van der Waals surface area contributed by atoms with Gasteiger partial charge in [0.2, 0.25) is 11.8 Å². The third-order valence-electron chi connectivity index (χ3n) is 6.82. The van der Waals surface area contributed by atoms with Crippen LogP contribution in [-0.2, 0) is 16.0 Å². The van der Waals surface area contributed by atoms with Gasteiger partial charge in [-0.2, -0.15) is 0 Å². The quantitative estimate of drug-likeness (QED) is 0.453. The first-order valence-electron chi connectivity index (χ1n) is 11.9. The number of carbonyl (C=O) groups is 3. The zero-order valence-electron chi connectivity index (χ0n) is 20.3. The number of aromatic amines is 1. The predicted octanol–water partition coefficient (Wildman–Crippen LogP) is 3.33. The van der Waals surface area contributed by atoms with E-state index in [1.54, 1.807) is 23.8 Å². The highest BCUT2D eigenvalue weighted by Crippen LogP contribution is 2.34. The molecule has 0 unspecified atom stereocenters. The molecule has 8 heteroatoms. The zero-order valence-corrected chi connectivity index (χ0v) is 20.3. The minimum atomic E-state index is -0.418. The summed E-state index contributed by atoms with van der Waals surface area (Å²) < 4.78 is 5.39. The lowest BCUT2D eigenvalue weighted by Gasteiger charge is -2.34. The SMILES string of the molecule is COc1cccc(-c2cc(CC(N)=O)c3[nH]c4ccc(C(=O)N5CCN(C(C)=O)CC5)cc4c3c2)c1. The summed E-state index contributed by atoms with van der Waals surface area (Å²) in [4.78, 5) is 43.7. The summed E-state index contributed by atoms with van der Waals surface area (Å²) in [5.74, 6) is 0.288. The molecule has 5 rings (SSSR count). The first-order chi connectivity index (χ1) is 17.3. The van der Waals surface area contributed by atoms with Crippen molar-refractivity contribution in [3.8, 4) is 16.9 Å². The highest BCUT2D eigenvalue weighted by Gasteiger charge is 2.24. The van der Waals surface area contributed by atoms with Gasteiger partial charge in [0.1, 0.15) is 5.75 Å². The Bertz CT molecular complexity index is 1500. The van der Waals surface area contributed by atoms with Crippen LogP contribution in [0.3, 0.4) is 0 Å². The number of amides is 3. The van der Waals surface area contributed by atoms with Crippen LogP contribution in [-0.4, -0.2) is 65.8 Å². The molecule has 3 amide bonds. The van der Waals surface area contributed by atoms with E-state index < -0.39 is 5.91 Å². The Balaban J connectivity index is 1.58. The van der Waals surface area contributed by atoms with Gasteiger partial charge in [-0.25, -0.2) is 0 Å². The fourth-order valence-corrected chi connectivity index (χ4v) is 4.91. The molecular weight excluding hydrogens is 456 g/mol. The Kier molecular flexibility index (Phi) is 6.10. The lowest BCUT2D eigenvalue weighted by molar-refractivity contribution is -0.130. The fraction of sp³-hybridized carbons (Fsp3) is 0.250. The third kappa shape index (κ3) is 4.37. The highest BCUT2D eigenvalue weighted by atomic mass is 16.5. The number of piperazine rings is 1. The number of aromatic nitrogens is 1. The van der Waals surface area contributed by atoms with Crippen LogP contribution in [0.2, 0.25) is 0 Å². The van der Waals surface area contributed by atoms with Gasteiger partial charge in [0.15, 0.2) is 0 Å². The second-order valence-corrected chi connectivity index (χ2v) is 9.12. The number of ether oxygens (including phenoxy) is 1. The van der Waals surface area contributed by atoms with Crippen LogP contribution in [0.1, 0.15) is 22.8 Å². The lowest BCUT2D eigenvalue weighted by Crippen LogP contribution is -2.50. The van der Waals surface area contributed by atoms with Crippen molar-refractivity contribution in [3.05, 3.63) is 65.7 Å². The van der Waals surface area contributed by atoms with Crippen molar-refractivity contribution in [2.24, 2.45) is 5.73 Å². The highest BCUT2D eigenvalue weighted by molar-refractivity contribution is 6.12. The molecule has 0 radical (unpaired) electrons. The fourth-order valence-electron chi connectivity index (χ4n) is 4.91. The Hall–Kier alpha value is -4.33. The number of primary amides is 1. The number of nitrogens with two attached hydrogens (primary N) is 1. The Morgan fingerprint density at radius 3 is 2.36 bits per heavy atom. The Morgan fingerprint density at radius 1 is 0.917 bits per heavy atom. The molecular formula is C28H28N4O4. The summed E-state index contributed by atoms with van der Waals surface area (Å²) in [7, 11) is 1.62. The molecule has 1 fully saturated rings. The van der Waals surface area contributed by atoms with Crippen molar-refractivity contribution in [3.63, 3.8) is 0 Å². The summed E-state index contributed by atoms with van der Waals surface area (Å²) in [6.07, 6.45) is 0.0906. The molecule has 1 aliphatic heterocycles. The maximum Gasteiger partial charge on any atom is 0.253 e. The van der Waals surface area contributed by atoms with Crippen LogP contribution in [0, 0.1) is 0 Å². The number of hydrogen-bond acceptors (Lipinski definition) is 4. The first kappa shape index (κ1) is 23.4. The molecule has 36 heavy (non-hydrogen) atoms. The van der Waals surface area contributed by atoms with Gasteiger partial charge in [-0.15, -0.1) is 0 Å². The number of hydrogen-bond donors (Lipinski definition) is 2. The van der Waals surface area contributed by atoms with Gasteiger partial charge in [0, 0.05) is 55.0 Å². The van der Waals surface area contributed by atoms with Gasteiger partial charge in [-0.05, 0) is 59.2 Å². The first-order valence-corrected chi connectivity index (χ1v) is 11.9. The molecule has 0 atom stereocenters. The number of methoxy groups -OCH3 is 1. The smallest absolute Gasteiger partial charge is 0.253 e. The number of fused-ring (bicyclic) bond motifs is 3. The number of rotatable bonds is 5. The molecule has 0 bridgehead atoms.